The van der Waals surface area contributed by atoms with Crippen molar-refractivity contribution in [1.82, 2.24) is 15.2 Å². The van der Waals surface area contributed by atoms with Crippen LogP contribution < -0.4 is 5.32 Å². The fourth-order valence-corrected chi connectivity index (χ4v) is 3.52. The smallest absolute Gasteiger partial charge is 0.253 e. The highest BCUT2D eigenvalue weighted by Crippen LogP contribution is 2.19. The van der Waals surface area contributed by atoms with Gasteiger partial charge in [0, 0.05) is 32.0 Å². The van der Waals surface area contributed by atoms with Gasteiger partial charge in [-0.2, -0.15) is 0 Å². The number of aromatic nitrogens is 1. The summed E-state index contributed by atoms with van der Waals surface area (Å²) in [6.45, 7) is 8.03. The Bertz CT molecular complexity index is 729. The number of rotatable bonds is 5. The molecule has 0 radical (unpaired) electrons. The summed E-state index contributed by atoms with van der Waals surface area (Å²) in [5.74, 6) is 0.500. The van der Waals surface area contributed by atoms with Crippen LogP contribution in [0.4, 0.5) is 0 Å². The fourth-order valence-electron chi connectivity index (χ4n) is 3.52. The number of nitrogens with zero attached hydrogens (tertiary/aromatic N) is 2. The van der Waals surface area contributed by atoms with Gasteiger partial charge in [-0.3, -0.25) is 14.7 Å². The molecule has 2 heterocycles. The number of carbonyl (C=O) groups is 1. The number of piperidine rings is 1. The Hall–Kier alpha value is -2.20. The molecule has 0 saturated carbocycles. The third-order valence-corrected chi connectivity index (χ3v) is 5.09. The molecule has 1 N–H and O–H groups in total. The molecule has 0 bridgehead atoms. The van der Waals surface area contributed by atoms with Crippen molar-refractivity contribution >= 4 is 5.91 Å². The minimum Gasteiger partial charge on any atom is -0.352 e. The normalized spacial score (nSPS) is 18.1. The van der Waals surface area contributed by atoms with E-state index >= 15 is 0 Å². The summed E-state index contributed by atoms with van der Waals surface area (Å²) in [5.41, 5.74) is 4.40. The third-order valence-electron chi connectivity index (χ3n) is 5.09. The first-order chi connectivity index (χ1) is 12.1. The lowest BCUT2D eigenvalue weighted by molar-refractivity contribution is 0.0929. The molecule has 132 valence electrons. The van der Waals surface area contributed by atoms with Crippen LogP contribution in [0.1, 0.15) is 39.9 Å². The minimum absolute atomic E-state index is 0.0124. The average molecular weight is 337 g/mol. The number of pyridine rings is 1. The average Bonchev–Trinajstić information content (AvgIpc) is 2.62. The Morgan fingerprint density at radius 2 is 2.08 bits per heavy atom. The quantitative estimate of drug-likeness (QED) is 0.910. The third kappa shape index (κ3) is 4.67. The molecule has 2 aromatic rings. The van der Waals surface area contributed by atoms with E-state index < -0.39 is 0 Å². The molecule has 4 heteroatoms. The van der Waals surface area contributed by atoms with E-state index in [4.69, 9.17) is 0 Å². The van der Waals surface area contributed by atoms with Crippen LogP contribution in [0.3, 0.4) is 0 Å². The molecule has 1 unspecified atom stereocenters. The van der Waals surface area contributed by atoms with Crippen molar-refractivity contribution in [3.8, 4) is 0 Å². The van der Waals surface area contributed by atoms with E-state index in [-0.39, 0.29) is 5.91 Å². The van der Waals surface area contributed by atoms with Crippen LogP contribution >= 0.6 is 0 Å². The Morgan fingerprint density at radius 3 is 2.88 bits per heavy atom. The Kier molecular flexibility index (Phi) is 5.82. The van der Waals surface area contributed by atoms with Gasteiger partial charge < -0.3 is 5.32 Å². The number of hydrogen-bond donors (Lipinski definition) is 1. The second-order valence-electron chi connectivity index (χ2n) is 7.07. The molecule has 0 aliphatic carbocycles. The topological polar surface area (TPSA) is 45.2 Å². The van der Waals surface area contributed by atoms with Gasteiger partial charge in [-0.25, -0.2) is 0 Å². The molecule has 3 rings (SSSR count). The van der Waals surface area contributed by atoms with Crippen molar-refractivity contribution in [2.24, 2.45) is 5.92 Å². The number of hydrogen-bond acceptors (Lipinski definition) is 3. The number of likely N-dealkylation sites (tertiary alicyclic amines) is 1. The molecule has 1 saturated heterocycles. The Balaban J connectivity index is 1.53. The van der Waals surface area contributed by atoms with Gasteiger partial charge in [0.1, 0.15) is 0 Å². The molecular weight excluding hydrogens is 310 g/mol. The van der Waals surface area contributed by atoms with E-state index in [1.54, 1.807) is 12.4 Å². The van der Waals surface area contributed by atoms with E-state index in [0.29, 0.717) is 11.5 Å². The van der Waals surface area contributed by atoms with Crippen LogP contribution in [0.15, 0.2) is 42.7 Å². The maximum atomic E-state index is 12.4. The zero-order chi connectivity index (χ0) is 17.6. The SMILES string of the molecule is Cc1ccccc1CN1CCCC(CNC(=O)c2cnccc2C)C1. The summed E-state index contributed by atoms with van der Waals surface area (Å²) in [4.78, 5) is 18.9. The van der Waals surface area contributed by atoms with Crippen molar-refractivity contribution in [1.29, 1.82) is 0 Å². The van der Waals surface area contributed by atoms with Crippen molar-refractivity contribution in [2.45, 2.75) is 33.2 Å². The number of carbonyl (C=O) groups excluding carboxylic acids is 1. The monoisotopic (exact) mass is 337 g/mol. The van der Waals surface area contributed by atoms with Crippen LogP contribution in [-0.2, 0) is 6.54 Å². The summed E-state index contributed by atoms with van der Waals surface area (Å²) in [7, 11) is 0. The first-order valence-electron chi connectivity index (χ1n) is 9.09. The predicted molar refractivity (Wildman–Crippen MR) is 100 cm³/mol. The largest absolute Gasteiger partial charge is 0.352 e. The maximum absolute atomic E-state index is 12.4. The first-order valence-corrected chi connectivity index (χ1v) is 9.09. The van der Waals surface area contributed by atoms with Crippen molar-refractivity contribution < 1.29 is 4.79 Å². The van der Waals surface area contributed by atoms with Crippen LogP contribution in [0.5, 0.6) is 0 Å². The molecule has 1 aliphatic heterocycles. The molecule has 1 amide bonds. The van der Waals surface area contributed by atoms with Gasteiger partial charge in [0.25, 0.3) is 5.91 Å². The number of benzene rings is 1. The molecule has 25 heavy (non-hydrogen) atoms. The molecule has 1 atom stereocenters. The molecule has 1 aliphatic rings. The molecular formula is C21H27N3O. The summed E-state index contributed by atoms with van der Waals surface area (Å²) in [6, 6.07) is 10.5. The van der Waals surface area contributed by atoms with Gasteiger partial charge in [0.2, 0.25) is 0 Å². The molecule has 1 aromatic heterocycles. The molecule has 0 spiro atoms. The van der Waals surface area contributed by atoms with Gasteiger partial charge in [-0.05, 0) is 61.9 Å². The van der Waals surface area contributed by atoms with E-state index in [1.807, 2.05) is 13.0 Å². The zero-order valence-electron chi connectivity index (χ0n) is 15.2. The van der Waals surface area contributed by atoms with E-state index in [0.717, 1.165) is 31.7 Å². The lowest BCUT2D eigenvalue weighted by Gasteiger charge is -2.33. The van der Waals surface area contributed by atoms with Gasteiger partial charge in [-0.1, -0.05) is 24.3 Å². The van der Waals surface area contributed by atoms with E-state index in [9.17, 15) is 4.79 Å². The van der Waals surface area contributed by atoms with Gasteiger partial charge in [-0.15, -0.1) is 0 Å². The zero-order valence-corrected chi connectivity index (χ0v) is 15.2. The Morgan fingerprint density at radius 1 is 1.24 bits per heavy atom. The lowest BCUT2D eigenvalue weighted by atomic mass is 9.97. The van der Waals surface area contributed by atoms with Gasteiger partial charge >= 0.3 is 0 Å². The lowest BCUT2D eigenvalue weighted by Crippen LogP contribution is -2.40. The summed E-state index contributed by atoms with van der Waals surface area (Å²) >= 11 is 0. The van der Waals surface area contributed by atoms with Crippen molar-refractivity contribution in [3.63, 3.8) is 0 Å². The summed E-state index contributed by atoms with van der Waals surface area (Å²) < 4.78 is 0. The van der Waals surface area contributed by atoms with Crippen LogP contribution in [0, 0.1) is 19.8 Å². The highest BCUT2D eigenvalue weighted by atomic mass is 16.1. The van der Waals surface area contributed by atoms with E-state index in [2.05, 4.69) is 46.4 Å². The second-order valence-corrected chi connectivity index (χ2v) is 7.07. The second kappa shape index (κ2) is 8.26. The minimum atomic E-state index is -0.0124. The van der Waals surface area contributed by atoms with Crippen molar-refractivity contribution in [2.75, 3.05) is 19.6 Å². The maximum Gasteiger partial charge on any atom is 0.253 e. The summed E-state index contributed by atoms with van der Waals surface area (Å²) in [6.07, 6.45) is 5.74. The van der Waals surface area contributed by atoms with Crippen LogP contribution in [0.25, 0.3) is 0 Å². The fraction of sp³-hybridized carbons (Fsp3) is 0.429. The first kappa shape index (κ1) is 17.6. The van der Waals surface area contributed by atoms with Gasteiger partial charge in [0.05, 0.1) is 5.56 Å². The highest BCUT2D eigenvalue weighted by Gasteiger charge is 2.21. The number of nitrogens with one attached hydrogen (secondary N) is 1. The molecule has 1 aromatic carbocycles. The number of amides is 1. The summed E-state index contributed by atoms with van der Waals surface area (Å²) in [5, 5.41) is 3.10. The highest BCUT2D eigenvalue weighted by molar-refractivity contribution is 5.95. The number of aryl methyl sites for hydroxylation is 2. The Labute approximate surface area is 150 Å². The van der Waals surface area contributed by atoms with Crippen molar-refractivity contribution in [3.05, 3.63) is 65.0 Å². The molecule has 1 fully saturated rings. The standard InChI is InChI=1S/C21H27N3O/c1-16-6-3-4-8-19(16)15-24-11-5-7-18(14-24)12-23-21(25)20-13-22-10-9-17(20)2/h3-4,6,8-10,13,18H,5,7,11-12,14-15H2,1-2H3,(H,23,25). The van der Waals surface area contributed by atoms with Gasteiger partial charge in [0.15, 0.2) is 0 Å². The van der Waals surface area contributed by atoms with E-state index in [1.165, 1.54) is 24.0 Å². The molecule has 4 nitrogen and oxygen atoms in total. The van der Waals surface area contributed by atoms with Crippen LogP contribution in [-0.4, -0.2) is 35.4 Å². The predicted octanol–water partition coefficient (Wildman–Crippen LogP) is 3.34. The van der Waals surface area contributed by atoms with Crippen LogP contribution in [0.2, 0.25) is 0 Å².